The Bertz CT molecular complexity index is 492. The van der Waals surface area contributed by atoms with Crippen molar-refractivity contribution in [2.45, 2.75) is 65.6 Å². The van der Waals surface area contributed by atoms with E-state index in [0.29, 0.717) is 0 Å². The Morgan fingerprint density at radius 1 is 1.33 bits per heavy atom. The fourth-order valence-electron chi connectivity index (χ4n) is 3.27. The van der Waals surface area contributed by atoms with Gasteiger partial charge in [-0.15, -0.1) is 0 Å². The van der Waals surface area contributed by atoms with Gasteiger partial charge in [-0.3, -0.25) is 4.79 Å². The zero-order valence-corrected chi connectivity index (χ0v) is 13.8. The minimum atomic E-state index is 0.0915. The van der Waals surface area contributed by atoms with Crippen LogP contribution in [0.2, 0.25) is 0 Å². The molecule has 0 bridgehead atoms. The summed E-state index contributed by atoms with van der Waals surface area (Å²) in [6.45, 7) is 10.1. The molecular weight excluding hydrogens is 262 g/mol. The van der Waals surface area contributed by atoms with E-state index in [1.165, 1.54) is 11.4 Å². The molecule has 3 atom stereocenters. The molecule has 0 saturated heterocycles. The van der Waals surface area contributed by atoms with Gasteiger partial charge in [-0.2, -0.15) is 0 Å². The minimum absolute atomic E-state index is 0.0915. The second-order valence-corrected chi connectivity index (χ2v) is 6.57. The lowest BCUT2D eigenvalue weighted by molar-refractivity contribution is -0.138. The van der Waals surface area contributed by atoms with Crippen molar-refractivity contribution in [3.05, 3.63) is 23.5 Å². The van der Waals surface area contributed by atoms with Crippen LogP contribution in [0.1, 0.15) is 57.5 Å². The molecule has 118 valence electrons. The summed E-state index contributed by atoms with van der Waals surface area (Å²) in [7, 11) is 0. The van der Waals surface area contributed by atoms with Gasteiger partial charge >= 0.3 is 0 Å². The van der Waals surface area contributed by atoms with Gasteiger partial charge in [-0.05, 0) is 45.7 Å². The first kappa shape index (κ1) is 16.1. The van der Waals surface area contributed by atoms with Gasteiger partial charge in [0.15, 0.2) is 0 Å². The third-order valence-electron chi connectivity index (χ3n) is 4.69. The van der Waals surface area contributed by atoms with Crippen molar-refractivity contribution < 1.29 is 4.79 Å². The number of aromatic nitrogens is 1. The number of rotatable bonds is 5. The monoisotopic (exact) mass is 291 g/mol. The van der Waals surface area contributed by atoms with Gasteiger partial charge in [0.2, 0.25) is 5.91 Å². The molecule has 4 nitrogen and oxygen atoms in total. The largest absolute Gasteiger partial charge is 0.345 e. The smallest absolute Gasteiger partial charge is 0.226 e. The molecule has 1 aliphatic rings. The van der Waals surface area contributed by atoms with E-state index < -0.39 is 0 Å². The van der Waals surface area contributed by atoms with Crippen LogP contribution < -0.4 is 5.73 Å². The van der Waals surface area contributed by atoms with Crippen LogP contribution in [0.15, 0.2) is 12.1 Å². The summed E-state index contributed by atoms with van der Waals surface area (Å²) in [6.07, 6.45) is 2.96. The number of amides is 1. The molecule has 1 aromatic heterocycles. The molecule has 2 N–H and O–H groups in total. The Morgan fingerprint density at radius 3 is 2.71 bits per heavy atom. The highest BCUT2D eigenvalue weighted by Gasteiger charge is 2.30. The van der Waals surface area contributed by atoms with E-state index in [-0.39, 0.29) is 23.9 Å². The Balaban J connectivity index is 1.97. The SMILES string of the molecule is Cc1ccc2n1CCN(C(=O)C(C)CCCC(C)N)C2C. The number of fused-ring (bicyclic) bond motifs is 1. The Hall–Kier alpha value is -1.29. The summed E-state index contributed by atoms with van der Waals surface area (Å²) in [5, 5.41) is 0. The minimum Gasteiger partial charge on any atom is -0.345 e. The normalized spacial score (nSPS) is 21.0. The molecule has 0 aromatic carbocycles. The van der Waals surface area contributed by atoms with Crippen molar-refractivity contribution in [2.75, 3.05) is 6.54 Å². The second-order valence-electron chi connectivity index (χ2n) is 6.57. The van der Waals surface area contributed by atoms with Crippen LogP contribution in [0.5, 0.6) is 0 Å². The first-order chi connectivity index (χ1) is 9.91. The van der Waals surface area contributed by atoms with Gasteiger partial charge in [0.1, 0.15) is 0 Å². The van der Waals surface area contributed by atoms with Crippen LogP contribution in [0.25, 0.3) is 0 Å². The highest BCUT2D eigenvalue weighted by molar-refractivity contribution is 5.79. The highest BCUT2D eigenvalue weighted by Crippen LogP contribution is 2.29. The number of hydrogen-bond donors (Lipinski definition) is 1. The van der Waals surface area contributed by atoms with E-state index in [1.54, 1.807) is 0 Å². The first-order valence-corrected chi connectivity index (χ1v) is 8.14. The summed E-state index contributed by atoms with van der Waals surface area (Å²) in [4.78, 5) is 14.7. The standard InChI is InChI=1S/C17H29N3O/c1-12(6-5-7-13(2)18)17(21)20-11-10-19-14(3)8-9-16(19)15(20)4/h8-9,12-13,15H,5-7,10-11,18H2,1-4H3. The maximum absolute atomic E-state index is 12.7. The topological polar surface area (TPSA) is 51.3 Å². The summed E-state index contributed by atoms with van der Waals surface area (Å²) in [5.74, 6) is 0.381. The number of nitrogens with two attached hydrogens (primary N) is 1. The molecule has 21 heavy (non-hydrogen) atoms. The lowest BCUT2D eigenvalue weighted by Gasteiger charge is -2.37. The lowest BCUT2D eigenvalue weighted by Crippen LogP contribution is -2.43. The van der Waals surface area contributed by atoms with Crippen molar-refractivity contribution in [3.63, 3.8) is 0 Å². The van der Waals surface area contributed by atoms with Gasteiger partial charge in [-0.25, -0.2) is 0 Å². The molecule has 1 aromatic rings. The van der Waals surface area contributed by atoms with Crippen molar-refractivity contribution in [1.82, 2.24) is 9.47 Å². The van der Waals surface area contributed by atoms with E-state index in [4.69, 9.17) is 5.73 Å². The number of hydrogen-bond acceptors (Lipinski definition) is 2. The highest BCUT2D eigenvalue weighted by atomic mass is 16.2. The molecule has 3 unspecified atom stereocenters. The lowest BCUT2D eigenvalue weighted by atomic mass is 9.99. The molecule has 2 rings (SSSR count). The van der Waals surface area contributed by atoms with Crippen LogP contribution >= 0.6 is 0 Å². The number of carbonyl (C=O) groups is 1. The maximum atomic E-state index is 12.7. The number of nitrogens with zero attached hydrogens (tertiary/aromatic N) is 2. The van der Waals surface area contributed by atoms with Crippen molar-refractivity contribution in [1.29, 1.82) is 0 Å². The molecule has 2 heterocycles. The van der Waals surface area contributed by atoms with Crippen molar-refractivity contribution in [3.8, 4) is 0 Å². The summed E-state index contributed by atoms with van der Waals surface area (Å²) in [6, 6.07) is 4.70. The molecule has 0 spiro atoms. The predicted molar refractivity (Wildman–Crippen MR) is 86.0 cm³/mol. The molecule has 0 radical (unpaired) electrons. The van der Waals surface area contributed by atoms with E-state index in [1.807, 2.05) is 11.8 Å². The van der Waals surface area contributed by atoms with Crippen LogP contribution in [-0.2, 0) is 11.3 Å². The Morgan fingerprint density at radius 2 is 2.05 bits per heavy atom. The summed E-state index contributed by atoms with van der Waals surface area (Å²) < 4.78 is 2.33. The van der Waals surface area contributed by atoms with Crippen LogP contribution in [0.4, 0.5) is 0 Å². The summed E-state index contributed by atoms with van der Waals surface area (Å²) >= 11 is 0. The van der Waals surface area contributed by atoms with Crippen LogP contribution in [0, 0.1) is 12.8 Å². The first-order valence-electron chi connectivity index (χ1n) is 8.14. The zero-order valence-electron chi connectivity index (χ0n) is 13.8. The Kier molecular flexibility index (Phi) is 5.09. The van der Waals surface area contributed by atoms with E-state index >= 15 is 0 Å². The molecular formula is C17H29N3O. The maximum Gasteiger partial charge on any atom is 0.226 e. The van der Waals surface area contributed by atoms with Gasteiger partial charge in [-0.1, -0.05) is 13.3 Å². The zero-order chi connectivity index (χ0) is 15.6. The van der Waals surface area contributed by atoms with Crippen LogP contribution in [0.3, 0.4) is 0 Å². The molecule has 0 fully saturated rings. The second kappa shape index (κ2) is 6.65. The van der Waals surface area contributed by atoms with Crippen molar-refractivity contribution >= 4 is 5.91 Å². The fraction of sp³-hybridized carbons (Fsp3) is 0.706. The van der Waals surface area contributed by atoms with E-state index in [2.05, 4.69) is 37.5 Å². The predicted octanol–water partition coefficient (Wildman–Crippen LogP) is 2.85. The van der Waals surface area contributed by atoms with Gasteiger partial charge in [0, 0.05) is 36.4 Å². The van der Waals surface area contributed by atoms with Crippen LogP contribution in [-0.4, -0.2) is 28.0 Å². The third-order valence-corrected chi connectivity index (χ3v) is 4.69. The molecule has 1 aliphatic heterocycles. The third kappa shape index (κ3) is 3.49. The van der Waals surface area contributed by atoms with E-state index in [0.717, 1.165) is 32.4 Å². The Labute approximate surface area is 128 Å². The summed E-state index contributed by atoms with van der Waals surface area (Å²) in [5.41, 5.74) is 8.32. The van der Waals surface area contributed by atoms with Gasteiger partial charge < -0.3 is 15.2 Å². The number of aryl methyl sites for hydroxylation is 1. The molecule has 4 heteroatoms. The quantitative estimate of drug-likeness (QED) is 0.907. The van der Waals surface area contributed by atoms with Gasteiger partial charge in [0.25, 0.3) is 0 Å². The van der Waals surface area contributed by atoms with Gasteiger partial charge in [0.05, 0.1) is 6.04 Å². The molecule has 0 saturated carbocycles. The molecule has 1 amide bonds. The van der Waals surface area contributed by atoms with E-state index in [9.17, 15) is 4.79 Å². The molecule has 0 aliphatic carbocycles. The average Bonchev–Trinajstić information content (AvgIpc) is 2.80. The fourth-order valence-corrected chi connectivity index (χ4v) is 3.27. The van der Waals surface area contributed by atoms with Crippen molar-refractivity contribution in [2.24, 2.45) is 11.7 Å². The number of carbonyl (C=O) groups excluding carboxylic acids is 1. The average molecular weight is 291 g/mol.